The molecule has 0 aromatic heterocycles. The molecule has 2 amide bonds. The molecule has 0 spiro atoms. The average Bonchev–Trinajstić information content (AvgIpc) is 2.76. The molecule has 0 bridgehead atoms. The Hall–Kier alpha value is -4.33. The van der Waals surface area contributed by atoms with Crippen molar-refractivity contribution in [2.75, 3.05) is 5.32 Å². The fourth-order valence-corrected chi connectivity index (χ4v) is 2.50. The number of carbonyl (C=O) groups is 3. The fraction of sp³-hybridized carbons (Fsp3) is 0.0435. The van der Waals surface area contributed by atoms with Crippen LogP contribution < -0.4 is 15.5 Å². The molecule has 3 rings (SSSR count). The van der Waals surface area contributed by atoms with Gasteiger partial charge in [0.2, 0.25) is 0 Å². The number of hydrogen-bond donors (Lipinski definition) is 2. The molecular weight excluding hydrogens is 401 g/mol. The minimum absolute atomic E-state index is 0.279. The van der Waals surface area contributed by atoms with Gasteiger partial charge in [0.05, 0.1) is 11.8 Å². The van der Waals surface area contributed by atoms with Gasteiger partial charge in [-0.05, 0) is 73.2 Å². The molecule has 2 N–H and O–H groups in total. The summed E-state index contributed by atoms with van der Waals surface area (Å²) >= 11 is 0. The highest BCUT2D eigenvalue weighted by molar-refractivity contribution is 6.39. The lowest BCUT2D eigenvalue weighted by atomic mass is 10.1. The van der Waals surface area contributed by atoms with E-state index in [1.54, 1.807) is 42.5 Å². The summed E-state index contributed by atoms with van der Waals surface area (Å²) in [5.74, 6) is -2.50. The molecule has 0 unspecified atom stereocenters. The third kappa shape index (κ3) is 6.33. The second kappa shape index (κ2) is 9.93. The summed E-state index contributed by atoms with van der Waals surface area (Å²) in [6.45, 7) is 1.89. The number of carbonyl (C=O) groups excluding carboxylic acids is 3. The molecule has 3 aromatic rings. The van der Waals surface area contributed by atoms with E-state index in [4.69, 9.17) is 4.74 Å². The van der Waals surface area contributed by atoms with Gasteiger partial charge in [0, 0.05) is 5.69 Å². The van der Waals surface area contributed by atoms with E-state index in [0.29, 0.717) is 16.9 Å². The van der Waals surface area contributed by atoms with E-state index >= 15 is 0 Å². The number of hydrogen-bond acceptors (Lipinski definition) is 5. The number of anilines is 1. The van der Waals surface area contributed by atoms with Gasteiger partial charge in [-0.25, -0.2) is 14.6 Å². The van der Waals surface area contributed by atoms with Gasteiger partial charge >= 0.3 is 17.8 Å². The van der Waals surface area contributed by atoms with Crippen LogP contribution in [0.3, 0.4) is 0 Å². The van der Waals surface area contributed by atoms with Gasteiger partial charge in [0.25, 0.3) is 0 Å². The molecule has 0 saturated carbocycles. The predicted molar refractivity (Wildman–Crippen MR) is 113 cm³/mol. The zero-order chi connectivity index (χ0) is 22.2. The van der Waals surface area contributed by atoms with Crippen molar-refractivity contribution in [3.05, 3.63) is 95.3 Å². The molecule has 0 atom stereocenters. The number of amides is 2. The molecule has 0 aliphatic carbocycles. The van der Waals surface area contributed by atoms with Gasteiger partial charge in [-0.15, -0.1) is 0 Å². The zero-order valence-electron chi connectivity index (χ0n) is 16.5. The van der Waals surface area contributed by atoms with Gasteiger partial charge in [-0.3, -0.25) is 9.59 Å². The van der Waals surface area contributed by atoms with E-state index in [-0.39, 0.29) is 5.69 Å². The van der Waals surface area contributed by atoms with E-state index in [1.807, 2.05) is 13.0 Å². The predicted octanol–water partition coefficient (Wildman–Crippen LogP) is 3.44. The summed E-state index contributed by atoms with van der Waals surface area (Å²) < 4.78 is 18.2. The summed E-state index contributed by atoms with van der Waals surface area (Å²) in [6, 6.07) is 18.5. The molecule has 0 radical (unpaired) electrons. The number of ether oxygens (including phenoxy) is 1. The second-order valence-electron chi connectivity index (χ2n) is 6.49. The third-order valence-electron chi connectivity index (χ3n) is 4.03. The molecule has 156 valence electrons. The smallest absolute Gasteiger partial charge is 0.343 e. The van der Waals surface area contributed by atoms with E-state index in [0.717, 1.165) is 17.7 Å². The van der Waals surface area contributed by atoms with Crippen molar-refractivity contribution < 1.29 is 23.5 Å². The van der Waals surface area contributed by atoms with Gasteiger partial charge in [0.1, 0.15) is 11.6 Å². The molecule has 8 heteroatoms. The number of aryl methyl sites for hydroxylation is 1. The third-order valence-corrected chi connectivity index (χ3v) is 4.03. The van der Waals surface area contributed by atoms with E-state index in [2.05, 4.69) is 15.8 Å². The minimum Gasteiger partial charge on any atom is -0.423 e. The van der Waals surface area contributed by atoms with Crippen LogP contribution in [0.15, 0.2) is 77.9 Å². The summed E-state index contributed by atoms with van der Waals surface area (Å²) in [5.41, 5.74) is 4.38. The van der Waals surface area contributed by atoms with Crippen molar-refractivity contribution in [3.8, 4) is 5.75 Å². The number of halogens is 1. The lowest BCUT2D eigenvalue weighted by Crippen LogP contribution is -2.32. The van der Waals surface area contributed by atoms with Gasteiger partial charge in [-0.1, -0.05) is 17.7 Å². The summed E-state index contributed by atoms with van der Waals surface area (Å²) in [5, 5.41) is 6.03. The number of nitrogens with zero attached hydrogens (tertiary/aromatic N) is 1. The monoisotopic (exact) mass is 419 g/mol. The molecule has 0 aliphatic rings. The Morgan fingerprint density at radius 2 is 1.65 bits per heavy atom. The summed E-state index contributed by atoms with van der Waals surface area (Å²) in [6.07, 6.45) is 1.33. The van der Waals surface area contributed by atoms with Crippen molar-refractivity contribution in [3.63, 3.8) is 0 Å². The van der Waals surface area contributed by atoms with Crippen LogP contribution in [-0.4, -0.2) is 24.0 Å². The maximum absolute atomic E-state index is 12.9. The first kappa shape index (κ1) is 21.4. The first-order valence-corrected chi connectivity index (χ1v) is 9.19. The fourth-order valence-electron chi connectivity index (χ4n) is 2.50. The van der Waals surface area contributed by atoms with E-state index < -0.39 is 23.6 Å². The van der Waals surface area contributed by atoms with Gasteiger partial charge in [0.15, 0.2) is 0 Å². The van der Waals surface area contributed by atoms with Crippen LogP contribution in [0.1, 0.15) is 21.5 Å². The molecule has 0 aliphatic heterocycles. The molecule has 3 aromatic carbocycles. The number of hydrazone groups is 1. The van der Waals surface area contributed by atoms with Crippen LogP contribution in [0.2, 0.25) is 0 Å². The normalized spacial score (nSPS) is 10.5. The van der Waals surface area contributed by atoms with Crippen LogP contribution in [0, 0.1) is 12.7 Å². The largest absolute Gasteiger partial charge is 0.423 e. The van der Waals surface area contributed by atoms with Crippen molar-refractivity contribution in [1.29, 1.82) is 0 Å². The average molecular weight is 419 g/mol. The SMILES string of the molecule is Cc1cccc(C(=O)Oc2ccc(C=NNC(=O)C(=O)Nc3ccc(F)cc3)cc2)c1. The van der Waals surface area contributed by atoms with Crippen LogP contribution in [0.4, 0.5) is 10.1 Å². The maximum Gasteiger partial charge on any atom is 0.343 e. The minimum atomic E-state index is -0.982. The Morgan fingerprint density at radius 1 is 0.935 bits per heavy atom. The first-order chi connectivity index (χ1) is 14.9. The molecular formula is C23H18FN3O4. The lowest BCUT2D eigenvalue weighted by molar-refractivity contribution is -0.136. The zero-order valence-corrected chi connectivity index (χ0v) is 16.5. The highest BCUT2D eigenvalue weighted by atomic mass is 19.1. The lowest BCUT2D eigenvalue weighted by Gasteiger charge is -2.05. The molecule has 0 fully saturated rings. The van der Waals surface area contributed by atoms with E-state index in [1.165, 1.54) is 18.3 Å². The number of nitrogens with one attached hydrogen (secondary N) is 2. The van der Waals surface area contributed by atoms with Crippen LogP contribution in [0.25, 0.3) is 0 Å². The Bertz CT molecular complexity index is 1130. The highest BCUT2D eigenvalue weighted by Crippen LogP contribution is 2.14. The second-order valence-corrected chi connectivity index (χ2v) is 6.49. The first-order valence-electron chi connectivity index (χ1n) is 9.19. The highest BCUT2D eigenvalue weighted by Gasteiger charge is 2.13. The van der Waals surface area contributed by atoms with Crippen molar-refractivity contribution >= 4 is 29.7 Å². The summed E-state index contributed by atoms with van der Waals surface area (Å²) in [7, 11) is 0. The quantitative estimate of drug-likeness (QED) is 0.218. The Balaban J connectivity index is 1.50. The molecule has 7 nitrogen and oxygen atoms in total. The van der Waals surface area contributed by atoms with Crippen LogP contribution in [-0.2, 0) is 9.59 Å². The number of benzene rings is 3. The summed E-state index contributed by atoms with van der Waals surface area (Å²) in [4.78, 5) is 35.7. The molecule has 0 saturated heterocycles. The van der Waals surface area contributed by atoms with Crippen LogP contribution >= 0.6 is 0 Å². The van der Waals surface area contributed by atoms with Crippen molar-refractivity contribution in [2.45, 2.75) is 6.92 Å². The Kier molecular flexibility index (Phi) is 6.85. The topological polar surface area (TPSA) is 96.9 Å². The van der Waals surface area contributed by atoms with Crippen molar-refractivity contribution in [1.82, 2.24) is 5.43 Å². The maximum atomic E-state index is 12.9. The molecule has 31 heavy (non-hydrogen) atoms. The van der Waals surface area contributed by atoms with Crippen molar-refractivity contribution in [2.24, 2.45) is 5.10 Å². The number of esters is 1. The Labute approximate surface area is 177 Å². The molecule has 0 heterocycles. The Morgan fingerprint density at radius 3 is 2.32 bits per heavy atom. The van der Waals surface area contributed by atoms with Gasteiger partial charge in [-0.2, -0.15) is 5.10 Å². The van der Waals surface area contributed by atoms with Gasteiger partial charge < -0.3 is 10.1 Å². The number of rotatable bonds is 5. The van der Waals surface area contributed by atoms with Crippen LogP contribution in [0.5, 0.6) is 5.75 Å². The van der Waals surface area contributed by atoms with E-state index in [9.17, 15) is 18.8 Å². The standard InChI is InChI=1S/C23H18FN3O4/c1-15-3-2-4-17(13-15)23(30)31-20-11-5-16(6-12-20)14-25-27-22(29)21(28)26-19-9-7-18(24)8-10-19/h2-14H,1H3,(H,26,28)(H,27,29).